The SMILES string of the molecule is CC(C)(C)c1coc2c3c(ccc12)CC(C(C)(C)C)C3. The van der Waals surface area contributed by atoms with Gasteiger partial charge in [0.15, 0.2) is 0 Å². The Hall–Kier alpha value is -1.24. The Labute approximate surface area is 122 Å². The summed E-state index contributed by atoms with van der Waals surface area (Å²) < 4.78 is 5.98. The molecular weight excluding hydrogens is 244 g/mol. The molecule has 0 spiro atoms. The van der Waals surface area contributed by atoms with Gasteiger partial charge in [0, 0.05) is 10.9 Å². The van der Waals surface area contributed by atoms with Gasteiger partial charge in [0.2, 0.25) is 0 Å². The average molecular weight is 270 g/mol. The number of hydrogen-bond donors (Lipinski definition) is 0. The molecule has 1 aliphatic carbocycles. The van der Waals surface area contributed by atoms with E-state index in [2.05, 4.69) is 53.7 Å². The van der Waals surface area contributed by atoms with Crippen LogP contribution in [0.5, 0.6) is 0 Å². The van der Waals surface area contributed by atoms with Gasteiger partial charge in [-0.2, -0.15) is 0 Å². The van der Waals surface area contributed by atoms with Crippen LogP contribution < -0.4 is 0 Å². The zero-order valence-corrected chi connectivity index (χ0v) is 13.6. The van der Waals surface area contributed by atoms with E-state index in [1.54, 1.807) is 0 Å². The highest BCUT2D eigenvalue weighted by atomic mass is 16.3. The van der Waals surface area contributed by atoms with Crippen molar-refractivity contribution < 1.29 is 4.42 Å². The summed E-state index contributed by atoms with van der Waals surface area (Å²) >= 11 is 0. The van der Waals surface area contributed by atoms with E-state index in [4.69, 9.17) is 4.42 Å². The van der Waals surface area contributed by atoms with E-state index in [1.807, 2.05) is 6.26 Å². The molecule has 1 aromatic heterocycles. The summed E-state index contributed by atoms with van der Waals surface area (Å²) in [7, 11) is 0. The molecule has 0 bridgehead atoms. The molecule has 0 aliphatic heterocycles. The fraction of sp³-hybridized carbons (Fsp3) is 0.579. The first-order chi connectivity index (χ1) is 9.18. The first kappa shape index (κ1) is 13.7. The van der Waals surface area contributed by atoms with Crippen LogP contribution in [-0.2, 0) is 18.3 Å². The third-order valence-electron chi connectivity index (χ3n) is 4.89. The summed E-state index contributed by atoms with van der Waals surface area (Å²) in [6.07, 6.45) is 4.32. The van der Waals surface area contributed by atoms with Gasteiger partial charge < -0.3 is 4.42 Å². The van der Waals surface area contributed by atoms with Crippen LogP contribution in [0.2, 0.25) is 0 Å². The van der Waals surface area contributed by atoms with Crippen LogP contribution in [0.3, 0.4) is 0 Å². The fourth-order valence-electron chi connectivity index (χ4n) is 3.39. The largest absolute Gasteiger partial charge is 0.464 e. The van der Waals surface area contributed by atoms with Crippen LogP contribution in [0.15, 0.2) is 22.8 Å². The van der Waals surface area contributed by atoms with Crippen LogP contribution in [0.25, 0.3) is 11.0 Å². The molecule has 1 aliphatic rings. The predicted molar refractivity (Wildman–Crippen MR) is 85.3 cm³/mol. The summed E-state index contributed by atoms with van der Waals surface area (Å²) in [5.74, 6) is 0.728. The molecule has 1 atom stereocenters. The number of furan rings is 1. The molecule has 0 amide bonds. The lowest BCUT2D eigenvalue weighted by Crippen LogP contribution is -2.20. The topological polar surface area (TPSA) is 13.1 Å². The van der Waals surface area contributed by atoms with E-state index < -0.39 is 0 Å². The highest BCUT2D eigenvalue weighted by Gasteiger charge is 2.33. The third kappa shape index (κ3) is 2.08. The second-order valence-corrected chi connectivity index (χ2v) is 8.45. The summed E-state index contributed by atoms with van der Waals surface area (Å²) in [5, 5.41) is 1.31. The predicted octanol–water partition coefficient (Wildman–Crippen LogP) is 5.49. The Morgan fingerprint density at radius 1 is 1.00 bits per heavy atom. The van der Waals surface area contributed by atoms with Crippen molar-refractivity contribution in [3.8, 4) is 0 Å². The molecule has 0 radical (unpaired) electrons. The van der Waals surface area contributed by atoms with E-state index in [0.717, 1.165) is 17.9 Å². The van der Waals surface area contributed by atoms with Gasteiger partial charge in [0.05, 0.1) is 6.26 Å². The first-order valence-corrected chi connectivity index (χ1v) is 7.70. The van der Waals surface area contributed by atoms with Crippen molar-refractivity contribution in [1.82, 2.24) is 0 Å². The highest BCUT2D eigenvalue weighted by molar-refractivity contribution is 5.86. The molecule has 0 N–H and O–H groups in total. The van der Waals surface area contributed by atoms with Crippen LogP contribution >= 0.6 is 0 Å². The van der Waals surface area contributed by atoms with E-state index in [9.17, 15) is 0 Å². The smallest absolute Gasteiger partial charge is 0.137 e. The molecule has 1 heterocycles. The van der Waals surface area contributed by atoms with Gasteiger partial charge in [-0.15, -0.1) is 0 Å². The monoisotopic (exact) mass is 270 g/mol. The van der Waals surface area contributed by atoms with Crippen LogP contribution in [0.4, 0.5) is 0 Å². The normalized spacial score (nSPS) is 19.6. The minimum absolute atomic E-state index is 0.140. The molecule has 1 aromatic carbocycles. The molecule has 3 rings (SSSR count). The lowest BCUT2D eigenvalue weighted by molar-refractivity contribution is 0.251. The van der Waals surface area contributed by atoms with Crippen molar-refractivity contribution in [3.05, 3.63) is 35.1 Å². The Morgan fingerprint density at radius 2 is 1.70 bits per heavy atom. The molecule has 0 saturated heterocycles. The Morgan fingerprint density at radius 3 is 2.30 bits per heavy atom. The van der Waals surface area contributed by atoms with Crippen molar-refractivity contribution >= 4 is 11.0 Å². The van der Waals surface area contributed by atoms with E-state index in [0.29, 0.717) is 5.41 Å². The van der Waals surface area contributed by atoms with Crippen molar-refractivity contribution in [2.75, 3.05) is 0 Å². The molecule has 1 nitrogen and oxygen atoms in total. The maximum Gasteiger partial charge on any atom is 0.137 e. The maximum absolute atomic E-state index is 5.98. The number of rotatable bonds is 0. The van der Waals surface area contributed by atoms with Gasteiger partial charge >= 0.3 is 0 Å². The van der Waals surface area contributed by atoms with Crippen molar-refractivity contribution in [2.45, 2.75) is 59.8 Å². The molecule has 108 valence electrons. The quantitative estimate of drug-likeness (QED) is 0.617. The van der Waals surface area contributed by atoms with Crippen LogP contribution in [0, 0.1) is 11.3 Å². The lowest BCUT2D eigenvalue weighted by atomic mass is 9.79. The van der Waals surface area contributed by atoms with E-state index in [1.165, 1.54) is 28.5 Å². The zero-order chi connectivity index (χ0) is 14.7. The van der Waals surface area contributed by atoms with Gasteiger partial charge in [-0.05, 0) is 40.7 Å². The zero-order valence-electron chi connectivity index (χ0n) is 13.6. The fourth-order valence-corrected chi connectivity index (χ4v) is 3.39. The minimum atomic E-state index is 0.140. The Kier molecular flexibility index (Phi) is 2.83. The van der Waals surface area contributed by atoms with Gasteiger partial charge in [-0.25, -0.2) is 0 Å². The number of fused-ring (bicyclic) bond motifs is 3. The van der Waals surface area contributed by atoms with Gasteiger partial charge in [0.1, 0.15) is 5.58 Å². The molecular formula is C19H26O. The lowest BCUT2D eigenvalue weighted by Gasteiger charge is -2.26. The highest BCUT2D eigenvalue weighted by Crippen LogP contribution is 2.43. The van der Waals surface area contributed by atoms with Crippen LogP contribution in [0.1, 0.15) is 58.2 Å². The van der Waals surface area contributed by atoms with Gasteiger partial charge in [-0.3, -0.25) is 0 Å². The summed E-state index contributed by atoms with van der Waals surface area (Å²) in [4.78, 5) is 0. The van der Waals surface area contributed by atoms with Crippen molar-refractivity contribution in [2.24, 2.45) is 11.3 Å². The van der Waals surface area contributed by atoms with Crippen LogP contribution in [-0.4, -0.2) is 0 Å². The Bertz CT molecular complexity index is 647. The second-order valence-electron chi connectivity index (χ2n) is 8.45. The average Bonchev–Trinajstić information content (AvgIpc) is 2.90. The summed E-state index contributed by atoms with van der Waals surface area (Å²) in [5.41, 5.74) is 5.92. The molecule has 0 saturated carbocycles. The number of benzene rings is 1. The standard InChI is InChI=1S/C19H26O/c1-18(2,3)13-9-12-7-8-14-16(19(4,5)6)11-20-17(14)15(12)10-13/h7-8,11,13H,9-10H2,1-6H3. The van der Waals surface area contributed by atoms with Crippen molar-refractivity contribution in [3.63, 3.8) is 0 Å². The van der Waals surface area contributed by atoms with E-state index in [-0.39, 0.29) is 5.41 Å². The van der Waals surface area contributed by atoms with Gasteiger partial charge in [-0.1, -0.05) is 53.7 Å². The molecule has 0 fully saturated rings. The molecule has 1 heteroatoms. The van der Waals surface area contributed by atoms with Gasteiger partial charge in [0.25, 0.3) is 0 Å². The first-order valence-electron chi connectivity index (χ1n) is 7.70. The summed E-state index contributed by atoms with van der Waals surface area (Å²) in [6.45, 7) is 13.8. The summed E-state index contributed by atoms with van der Waals surface area (Å²) in [6, 6.07) is 4.59. The Balaban J connectivity index is 2.11. The van der Waals surface area contributed by atoms with E-state index >= 15 is 0 Å². The third-order valence-corrected chi connectivity index (χ3v) is 4.89. The van der Waals surface area contributed by atoms with Crippen molar-refractivity contribution in [1.29, 1.82) is 0 Å². The maximum atomic E-state index is 5.98. The molecule has 1 unspecified atom stereocenters. The number of hydrogen-bond acceptors (Lipinski definition) is 1. The molecule has 20 heavy (non-hydrogen) atoms. The second kappa shape index (κ2) is 4.13. The minimum Gasteiger partial charge on any atom is -0.464 e. The molecule has 2 aromatic rings.